The SMILES string of the molecule is CC(C)C1(CNC(=O)c2cc(C(=O)O)on2)CC1. The predicted octanol–water partition coefficient (Wildman–Crippen LogP) is 1.54. The lowest BCUT2D eigenvalue weighted by Crippen LogP contribution is -2.32. The normalized spacial score (nSPS) is 16.6. The van der Waals surface area contributed by atoms with E-state index in [0.717, 1.165) is 18.9 Å². The number of amides is 1. The molecular formula is C12H16N2O4. The average molecular weight is 252 g/mol. The number of carboxylic acid groups (broad SMARTS) is 1. The molecule has 1 saturated carbocycles. The first-order valence-electron chi connectivity index (χ1n) is 5.93. The van der Waals surface area contributed by atoms with Gasteiger partial charge in [-0.05, 0) is 24.2 Å². The average Bonchev–Trinajstić information content (AvgIpc) is 2.94. The van der Waals surface area contributed by atoms with E-state index in [9.17, 15) is 9.59 Å². The number of aromatic carboxylic acids is 1. The molecule has 1 aliphatic rings. The lowest BCUT2D eigenvalue weighted by atomic mass is 9.92. The van der Waals surface area contributed by atoms with Crippen molar-refractivity contribution in [2.75, 3.05) is 6.54 Å². The van der Waals surface area contributed by atoms with E-state index in [-0.39, 0.29) is 16.9 Å². The zero-order chi connectivity index (χ0) is 13.3. The third-order valence-corrected chi connectivity index (χ3v) is 3.67. The van der Waals surface area contributed by atoms with Gasteiger partial charge < -0.3 is 14.9 Å². The number of hydrogen-bond donors (Lipinski definition) is 2. The highest BCUT2D eigenvalue weighted by molar-refractivity contribution is 5.94. The lowest BCUT2D eigenvalue weighted by molar-refractivity contribution is 0.0651. The summed E-state index contributed by atoms with van der Waals surface area (Å²) in [5, 5.41) is 14.9. The van der Waals surface area contributed by atoms with Crippen LogP contribution in [-0.4, -0.2) is 28.7 Å². The molecule has 1 heterocycles. The molecule has 2 rings (SSSR count). The Balaban J connectivity index is 1.94. The summed E-state index contributed by atoms with van der Waals surface area (Å²) in [4.78, 5) is 22.3. The highest BCUT2D eigenvalue weighted by Crippen LogP contribution is 2.51. The molecule has 18 heavy (non-hydrogen) atoms. The summed E-state index contributed by atoms with van der Waals surface area (Å²) >= 11 is 0. The molecule has 0 unspecified atom stereocenters. The second kappa shape index (κ2) is 4.44. The molecule has 98 valence electrons. The maximum absolute atomic E-state index is 11.8. The summed E-state index contributed by atoms with van der Waals surface area (Å²) in [6.45, 7) is 4.87. The summed E-state index contributed by atoms with van der Waals surface area (Å²) in [5.41, 5.74) is 0.210. The van der Waals surface area contributed by atoms with Crippen LogP contribution < -0.4 is 5.32 Å². The summed E-state index contributed by atoms with van der Waals surface area (Å²) in [6.07, 6.45) is 2.23. The number of nitrogens with zero attached hydrogens (tertiary/aromatic N) is 1. The molecule has 1 aliphatic carbocycles. The molecular weight excluding hydrogens is 236 g/mol. The molecule has 0 radical (unpaired) electrons. The third kappa shape index (κ3) is 2.37. The zero-order valence-corrected chi connectivity index (χ0v) is 10.4. The molecule has 1 fully saturated rings. The van der Waals surface area contributed by atoms with E-state index < -0.39 is 11.9 Å². The van der Waals surface area contributed by atoms with Crippen molar-refractivity contribution >= 4 is 11.9 Å². The topological polar surface area (TPSA) is 92.4 Å². The first-order valence-corrected chi connectivity index (χ1v) is 5.93. The monoisotopic (exact) mass is 252 g/mol. The number of aromatic nitrogens is 1. The number of carboxylic acids is 1. The van der Waals surface area contributed by atoms with Crippen LogP contribution >= 0.6 is 0 Å². The number of carbonyl (C=O) groups is 2. The minimum Gasteiger partial charge on any atom is -0.475 e. The lowest BCUT2D eigenvalue weighted by Gasteiger charge is -2.19. The molecule has 0 aliphatic heterocycles. The summed E-state index contributed by atoms with van der Waals surface area (Å²) in [6, 6.07) is 1.13. The largest absolute Gasteiger partial charge is 0.475 e. The highest BCUT2D eigenvalue weighted by atomic mass is 16.5. The molecule has 1 amide bonds. The predicted molar refractivity (Wildman–Crippen MR) is 62.3 cm³/mol. The molecule has 0 saturated heterocycles. The van der Waals surface area contributed by atoms with E-state index in [0.29, 0.717) is 12.5 Å². The molecule has 0 atom stereocenters. The fourth-order valence-electron chi connectivity index (χ4n) is 1.95. The van der Waals surface area contributed by atoms with Crippen molar-refractivity contribution < 1.29 is 19.2 Å². The van der Waals surface area contributed by atoms with Crippen molar-refractivity contribution in [3.63, 3.8) is 0 Å². The highest BCUT2D eigenvalue weighted by Gasteiger charge is 2.45. The molecule has 0 bridgehead atoms. The Kier molecular flexibility index (Phi) is 3.11. The van der Waals surface area contributed by atoms with Gasteiger partial charge in [-0.1, -0.05) is 19.0 Å². The Labute approximate surface area is 104 Å². The maximum atomic E-state index is 11.8. The van der Waals surface area contributed by atoms with Gasteiger partial charge in [0.1, 0.15) is 0 Å². The van der Waals surface area contributed by atoms with Crippen molar-refractivity contribution in [1.29, 1.82) is 0 Å². The first kappa shape index (κ1) is 12.6. The Morgan fingerprint density at radius 3 is 2.67 bits per heavy atom. The van der Waals surface area contributed by atoms with Gasteiger partial charge in [0.05, 0.1) is 0 Å². The Morgan fingerprint density at radius 1 is 1.56 bits per heavy atom. The van der Waals surface area contributed by atoms with E-state index in [1.54, 1.807) is 0 Å². The Bertz CT molecular complexity index is 474. The van der Waals surface area contributed by atoms with Gasteiger partial charge in [0.15, 0.2) is 5.69 Å². The van der Waals surface area contributed by atoms with Crippen LogP contribution in [0.4, 0.5) is 0 Å². The zero-order valence-electron chi connectivity index (χ0n) is 10.4. The number of hydrogen-bond acceptors (Lipinski definition) is 4. The maximum Gasteiger partial charge on any atom is 0.374 e. The molecule has 6 nitrogen and oxygen atoms in total. The van der Waals surface area contributed by atoms with Crippen LogP contribution in [0.1, 0.15) is 47.7 Å². The minimum atomic E-state index is -1.23. The summed E-state index contributed by atoms with van der Waals surface area (Å²) < 4.78 is 4.53. The number of carbonyl (C=O) groups excluding carboxylic acids is 1. The van der Waals surface area contributed by atoms with Crippen LogP contribution in [0, 0.1) is 11.3 Å². The van der Waals surface area contributed by atoms with Crippen LogP contribution in [0.25, 0.3) is 0 Å². The van der Waals surface area contributed by atoms with Gasteiger partial charge in [-0.3, -0.25) is 4.79 Å². The summed E-state index contributed by atoms with van der Waals surface area (Å²) in [7, 11) is 0. The van der Waals surface area contributed by atoms with Crippen LogP contribution in [0.3, 0.4) is 0 Å². The molecule has 2 N–H and O–H groups in total. The van der Waals surface area contributed by atoms with Gasteiger partial charge >= 0.3 is 5.97 Å². The van der Waals surface area contributed by atoms with Crippen molar-refractivity contribution in [2.45, 2.75) is 26.7 Å². The second-order valence-corrected chi connectivity index (χ2v) is 5.08. The molecule has 1 aromatic rings. The number of rotatable bonds is 5. The minimum absolute atomic E-state index is 0.00644. The second-order valence-electron chi connectivity index (χ2n) is 5.08. The molecule has 6 heteroatoms. The molecule has 0 aromatic carbocycles. The Hall–Kier alpha value is -1.85. The van der Waals surface area contributed by atoms with Crippen LogP contribution in [-0.2, 0) is 0 Å². The van der Waals surface area contributed by atoms with E-state index in [2.05, 4.69) is 28.8 Å². The fraction of sp³-hybridized carbons (Fsp3) is 0.583. The van der Waals surface area contributed by atoms with Gasteiger partial charge in [-0.15, -0.1) is 0 Å². The van der Waals surface area contributed by atoms with Gasteiger partial charge in [-0.2, -0.15) is 0 Å². The van der Waals surface area contributed by atoms with Crippen molar-refractivity contribution in [3.05, 3.63) is 17.5 Å². The third-order valence-electron chi connectivity index (χ3n) is 3.67. The Morgan fingerprint density at radius 2 is 2.22 bits per heavy atom. The van der Waals surface area contributed by atoms with Gasteiger partial charge in [0, 0.05) is 12.6 Å². The van der Waals surface area contributed by atoms with Crippen LogP contribution in [0.2, 0.25) is 0 Å². The van der Waals surface area contributed by atoms with Gasteiger partial charge in [0.2, 0.25) is 5.76 Å². The fourth-order valence-corrected chi connectivity index (χ4v) is 1.95. The van der Waals surface area contributed by atoms with E-state index in [1.807, 2.05) is 0 Å². The molecule has 0 spiro atoms. The first-order chi connectivity index (χ1) is 8.44. The molecule has 1 aromatic heterocycles. The van der Waals surface area contributed by atoms with Gasteiger partial charge in [0.25, 0.3) is 5.91 Å². The van der Waals surface area contributed by atoms with Gasteiger partial charge in [-0.25, -0.2) is 4.79 Å². The smallest absolute Gasteiger partial charge is 0.374 e. The van der Waals surface area contributed by atoms with Crippen molar-refractivity contribution in [1.82, 2.24) is 10.5 Å². The van der Waals surface area contributed by atoms with Crippen LogP contribution in [0.5, 0.6) is 0 Å². The van der Waals surface area contributed by atoms with E-state index in [1.165, 1.54) is 0 Å². The summed E-state index contributed by atoms with van der Waals surface area (Å²) in [5.74, 6) is -1.43. The quantitative estimate of drug-likeness (QED) is 0.829. The van der Waals surface area contributed by atoms with E-state index in [4.69, 9.17) is 5.11 Å². The standard InChI is InChI=1S/C12H16N2O4/c1-7(2)12(3-4-12)6-13-10(15)8-5-9(11(16)17)18-14-8/h5,7H,3-4,6H2,1-2H3,(H,13,15)(H,16,17). The van der Waals surface area contributed by atoms with Crippen LogP contribution in [0.15, 0.2) is 10.6 Å². The van der Waals surface area contributed by atoms with E-state index >= 15 is 0 Å². The van der Waals surface area contributed by atoms with Crippen molar-refractivity contribution in [3.8, 4) is 0 Å². The van der Waals surface area contributed by atoms with Crippen molar-refractivity contribution in [2.24, 2.45) is 11.3 Å². The number of nitrogens with one attached hydrogen (secondary N) is 1.